The second kappa shape index (κ2) is 11.5. The van der Waals surface area contributed by atoms with E-state index in [1.54, 1.807) is 55.4 Å². The number of rotatable bonds is 7. The summed E-state index contributed by atoms with van der Waals surface area (Å²) in [6.07, 6.45) is 6.59. The molecule has 32 heavy (non-hydrogen) atoms. The summed E-state index contributed by atoms with van der Waals surface area (Å²) in [6, 6.07) is 9.86. The molecule has 0 aliphatic rings. The summed E-state index contributed by atoms with van der Waals surface area (Å²) >= 11 is 11.4. The quantitative estimate of drug-likeness (QED) is 0.302. The minimum atomic E-state index is -0.432. The van der Waals surface area contributed by atoms with Crippen LogP contribution in [-0.2, 0) is 13.1 Å². The van der Waals surface area contributed by atoms with E-state index in [1.807, 2.05) is 11.8 Å². The Morgan fingerprint density at radius 2 is 1.53 bits per heavy atom. The number of aromatic amines is 2. The first-order valence-electron chi connectivity index (χ1n) is 9.81. The molecule has 0 saturated heterocycles. The molecular weight excluding hydrogens is 457 g/mol. The molecule has 0 aliphatic carbocycles. The number of imidazole rings is 2. The second-order valence-corrected chi connectivity index (χ2v) is 7.51. The van der Waals surface area contributed by atoms with Gasteiger partial charge in [-0.3, -0.25) is 0 Å². The molecule has 0 unspecified atom stereocenters. The Kier molecular flexibility index (Phi) is 8.47. The van der Waals surface area contributed by atoms with Crippen molar-refractivity contribution in [2.45, 2.75) is 20.0 Å². The van der Waals surface area contributed by atoms with Crippen LogP contribution in [0.4, 0.5) is 20.2 Å². The first kappa shape index (κ1) is 23.6. The summed E-state index contributed by atoms with van der Waals surface area (Å²) in [5.41, 5.74) is 2.72. The van der Waals surface area contributed by atoms with Gasteiger partial charge in [-0.15, -0.1) is 0 Å². The van der Waals surface area contributed by atoms with E-state index in [2.05, 4.69) is 25.3 Å². The van der Waals surface area contributed by atoms with E-state index >= 15 is 0 Å². The van der Waals surface area contributed by atoms with Crippen molar-refractivity contribution in [1.82, 2.24) is 19.9 Å². The lowest BCUT2D eigenvalue weighted by atomic mass is 10.2. The molecule has 0 saturated carbocycles. The maximum Gasteiger partial charge on any atom is 0.165 e. The zero-order valence-electron chi connectivity index (χ0n) is 17.2. The standard InChI is InChI=1S/C12H13ClFN3.C10H9ClFN3/c1-2-17(7-9-6-15-8-16-9)11-5-3-4-10(13)12(11)14;11-8-2-1-3-9(10(8)12)14-5-7-4-13-6-15-7/h3-6,8H,2,7H2,1H3,(H,15,16);1-4,6,14H,5H2,(H,13,15). The molecule has 0 bridgehead atoms. The van der Waals surface area contributed by atoms with Crippen molar-refractivity contribution in [3.05, 3.63) is 94.5 Å². The highest BCUT2D eigenvalue weighted by Gasteiger charge is 2.13. The predicted octanol–water partition coefficient (Wildman–Crippen LogP) is 6.04. The van der Waals surface area contributed by atoms with Crippen LogP contribution in [-0.4, -0.2) is 26.5 Å². The fourth-order valence-electron chi connectivity index (χ4n) is 2.89. The number of anilines is 2. The average Bonchev–Trinajstić information content (AvgIpc) is 3.50. The van der Waals surface area contributed by atoms with E-state index in [1.165, 1.54) is 6.07 Å². The Labute approximate surface area is 194 Å². The molecule has 0 atom stereocenters. The Bertz CT molecular complexity index is 1100. The monoisotopic (exact) mass is 478 g/mol. The number of nitrogens with zero attached hydrogens (tertiary/aromatic N) is 3. The van der Waals surface area contributed by atoms with Crippen molar-refractivity contribution >= 4 is 34.6 Å². The third kappa shape index (κ3) is 6.21. The molecule has 2 aromatic heterocycles. The third-order valence-corrected chi connectivity index (χ3v) is 5.13. The maximum atomic E-state index is 13.9. The van der Waals surface area contributed by atoms with Gasteiger partial charge in [0.25, 0.3) is 0 Å². The Morgan fingerprint density at radius 1 is 0.906 bits per heavy atom. The van der Waals surface area contributed by atoms with Crippen LogP contribution in [0.25, 0.3) is 0 Å². The lowest BCUT2D eigenvalue weighted by molar-refractivity contribution is 0.617. The van der Waals surface area contributed by atoms with E-state index in [0.29, 0.717) is 31.0 Å². The molecule has 2 heterocycles. The lowest BCUT2D eigenvalue weighted by Crippen LogP contribution is -2.23. The van der Waals surface area contributed by atoms with Crippen LogP contribution in [0.5, 0.6) is 0 Å². The second-order valence-electron chi connectivity index (χ2n) is 6.70. The highest BCUT2D eigenvalue weighted by molar-refractivity contribution is 6.31. The van der Waals surface area contributed by atoms with Gasteiger partial charge in [-0.25, -0.2) is 18.7 Å². The summed E-state index contributed by atoms with van der Waals surface area (Å²) < 4.78 is 27.3. The van der Waals surface area contributed by atoms with E-state index in [0.717, 1.165) is 11.4 Å². The number of H-pyrrole nitrogens is 2. The molecule has 10 heteroatoms. The van der Waals surface area contributed by atoms with E-state index in [9.17, 15) is 8.78 Å². The maximum absolute atomic E-state index is 13.9. The van der Waals surface area contributed by atoms with Crippen LogP contribution in [0.2, 0.25) is 10.0 Å². The molecular formula is C22H22Cl2F2N6. The van der Waals surface area contributed by atoms with Crippen LogP contribution in [0.3, 0.4) is 0 Å². The highest BCUT2D eigenvalue weighted by atomic mass is 35.5. The molecule has 0 radical (unpaired) electrons. The van der Waals surface area contributed by atoms with Crippen molar-refractivity contribution < 1.29 is 8.78 Å². The topological polar surface area (TPSA) is 72.6 Å². The molecule has 4 aromatic rings. The summed E-state index contributed by atoms with van der Waals surface area (Å²) in [6.45, 7) is 3.72. The normalized spacial score (nSPS) is 10.4. The Hall–Kier alpha value is -3.10. The van der Waals surface area contributed by atoms with Gasteiger partial charge in [0, 0.05) is 18.9 Å². The van der Waals surface area contributed by atoms with Gasteiger partial charge in [0.1, 0.15) is 0 Å². The van der Waals surface area contributed by atoms with Gasteiger partial charge in [0.2, 0.25) is 0 Å². The molecule has 4 rings (SSSR count). The fraction of sp³-hybridized carbons (Fsp3) is 0.182. The summed E-state index contributed by atoms with van der Waals surface area (Å²) in [7, 11) is 0. The third-order valence-electron chi connectivity index (χ3n) is 4.55. The first-order valence-corrected chi connectivity index (χ1v) is 10.6. The molecule has 0 amide bonds. The number of aromatic nitrogens is 4. The number of hydrogen-bond acceptors (Lipinski definition) is 4. The van der Waals surface area contributed by atoms with Crippen LogP contribution in [0, 0.1) is 11.6 Å². The molecule has 0 spiro atoms. The summed E-state index contributed by atoms with van der Waals surface area (Å²) in [4.78, 5) is 15.6. The van der Waals surface area contributed by atoms with Crippen LogP contribution in [0.15, 0.2) is 61.4 Å². The van der Waals surface area contributed by atoms with Gasteiger partial charge in [0.05, 0.1) is 58.6 Å². The van der Waals surface area contributed by atoms with Crippen LogP contribution < -0.4 is 10.2 Å². The SMILES string of the molecule is CCN(Cc1cnc[nH]1)c1cccc(Cl)c1F.Fc1c(Cl)cccc1NCc1cnc[nH]1. The van der Waals surface area contributed by atoms with Crippen molar-refractivity contribution in [2.75, 3.05) is 16.8 Å². The molecule has 0 fully saturated rings. The van der Waals surface area contributed by atoms with Crippen molar-refractivity contribution in [1.29, 1.82) is 0 Å². The Morgan fingerprint density at radius 3 is 2.16 bits per heavy atom. The number of nitrogens with one attached hydrogen (secondary N) is 3. The minimum absolute atomic E-state index is 0.115. The zero-order chi connectivity index (χ0) is 22.9. The lowest BCUT2D eigenvalue weighted by Gasteiger charge is -2.23. The first-order chi connectivity index (χ1) is 15.5. The van der Waals surface area contributed by atoms with Crippen LogP contribution in [0.1, 0.15) is 18.3 Å². The van der Waals surface area contributed by atoms with E-state index < -0.39 is 5.82 Å². The number of hydrogen-bond donors (Lipinski definition) is 3. The Balaban J connectivity index is 0.000000182. The summed E-state index contributed by atoms with van der Waals surface area (Å²) in [5.74, 6) is -0.811. The van der Waals surface area contributed by atoms with Crippen LogP contribution >= 0.6 is 23.2 Å². The van der Waals surface area contributed by atoms with Crippen molar-refractivity contribution in [2.24, 2.45) is 0 Å². The van der Waals surface area contributed by atoms with Crippen molar-refractivity contribution in [3.8, 4) is 0 Å². The van der Waals surface area contributed by atoms with E-state index in [-0.39, 0.29) is 15.9 Å². The number of halogens is 4. The van der Waals surface area contributed by atoms with Crippen molar-refractivity contribution in [3.63, 3.8) is 0 Å². The molecule has 6 nitrogen and oxygen atoms in total. The summed E-state index contributed by atoms with van der Waals surface area (Å²) in [5, 5.41) is 3.18. The molecule has 0 aliphatic heterocycles. The predicted molar refractivity (Wildman–Crippen MR) is 124 cm³/mol. The number of benzene rings is 2. The molecule has 168 valence electrons. The van der Waals surface area contributed by atoms with Gasteiger partial charge in [-0.05, 0) is 31.2 Å². The average molecular weight is 479 g/mol. The molecule has 2 aromatic carbocycles. The molecule has 3 N–H and O–H groups in total. The van der Waals surface area contributed by atoms with Gasteiger partial charge >= 0.3 is 0 Å². The largest absolute Gasteiger partial charge is 0.377 e. The van der Waals surface area contributed by atoms with Gasteiger partial charge in [-0.1, -0.05) is 35.3 Å². The van der Waals surface area contributed by atoms with Gasteiger partial charge in [-0.2, -0.15) is 0 Å². The van der Waals surface area contributed by atoms with E-state index in [4.69, 9.17) is 23.2 Å². The highest BCUT2D eigenvalue weighted by Crippen LogP contribution is 2.26. The fourth-order valence-corrected chi connectivity index (χ4v) is 3.24. The zero-order valence-corrected chi connectivity index (χ0v) is 18.8. The minimum Gasteiger partial charge on any atom is -0.377 e. The smallest absolute Gasteiger partial charge is 0.165 e. The van der Waals surface area contributed by atoms with Gasteiger partial charge in [0.15, 0.2) is 11.6 Å². The van der Waals surface area contributed by atoms with Gasteiger partial charge < -0.3 is 20.2 Å².